The number of ether oxygens (including phenoxy) is 1. The van der Waals surface area contributed by atoms with Crippen LogP contribution in [0.1, 0.15) is 91.7 Å². The molecule has 3 aromatic heterocycles. The molecule has 0 aliphatic carbocycles. The molecule has 3 saturated heterocycles. The zero-order valence-electron chi connectivity index (χ0n) is 53.8. The van der Waals surface area contributed by atoms with E-state index in [1.54, 1.807) is 102 Å². The number of benzene rings is 6. The smallest absolute Gasteiger partial charge is 0.259 e. The third-order valence-electron chi connectivity index (χ3n) is 15.8. The van der Waals surface area contributed by atoms with E-state index in [0.717, 1.165) is 77.7 Å². The molecule has 102 heavy (non-hydrogen) atoms. The van der Waals surface area contributed by atoms with Crippen molar-refractivity contribution in [2.24, 2.45) is 0 Å². The molecule has 12 rings (SSSR count). The van der Waals surface area contributed by atoms with Crippen molar-refractivity contribution in [3.05, 3.63) is 264 Å². The summed E-state index contributed by atoms with van der Waals surface area (Å²) in [5, 5.41) is 40.8. The number of hydrogen-bond acceptors (Lipinski definition) is 14. The van der Waals surface area contributed by atoms with E-state index in [1.807, 2.05) is 21.6 Å². The minimum Gasteiger partial charge on any atom is -0.378 e. The highest BCUT2D eigenvalue weighted by molar-refractivity contribution is 9.10. The van der Waals surface area contributed by atoms with Crippen LogP contribution in [-0.4, -0.2) is 147 Å². The van der Waals surface area contributed by atoms with Gasteiger partial charge in [0.1, 0.15) is 58.2 Å². The summed E-state index contributed by atoms with van der Waals surface area (Å²) < 4.78 is 65.1. The number of hydrogen-bond donors (Lipinski definition) is 9. The number of likely N-dealkylation sites (tertiary alicyclic amines) is 1. The highest BCUT2D eigenvalue weighted by Gasteiger charge is 2.26. The lowest BCUT2D eigenvalue weighted by Crippen LogP contribution is -2.40. The number of nitrogens with one attached hydrogen (secondary N) is 9. The van der Waals surface area contributed by atoms with E-state index >= 15 is 0 Å². The van der Waals surface area contributed by atoms with Crippen molar-refractivity contribution in [3.63, 3.8) is 0 Å². The van der Waals surface area contributed by atoms with Crippen LogP contribution in [0.15, 0.2) is 185 Å². The molecular formula is C72H62Br2ClF4N15O7S. The molecule has 3 fully saturated rings. The van der Waals surface area contributed by atoms with Gasteiger partial charge in [-0.3, -0.25) is 45.0 Å². The zero-order valence-corrected chi connectivity index (χ0v) is 58.6. The van der Waals surface area contributed by atoms with Crippen molar-refractivity contribution in [2.45, 2.75) is 12.8 Å². The topological polar surface area (TPSA) is 304 Å². The Bertz CT molecular complexity index is 4650. The first-order valence-electron chi connectivity index (χ1n) is 31.4. The SMILES string of the molecule is N=C(c1ccc(C(=O)Nc2ccc(F)cc2C(=O)Nc2ccc(Cl)cn2)c(F)c1)N1CCOCC1.N=C(c1ccc(C(=O)Nc2ccccc2C(=O)Nc2ccc(Br)cn2)c(F)c1)N1CCCC1.N=C(c1ccc(C(=O)Nc2ccccc2C(=O)Nc2ccc(Br)cn2)c(F)c1)N1CCSCC1. The molecule has 9 N–H and O–H groups in total. The second kappa shape index (κ2) is 35.1. The largest absolute Gasteiger partial charge is 0.378 e. The average molecular weight is 1550 g/mol. The van der Waals surface area contributed by atoms with Gasteiger partial charge >= 0.3 is 0 Å². The number of carbonyl (C=O) groups is 6. The normalized spacial score (nSPS) is 13.2. The van der Waals surface area contributed by atoms with Crippen molar-refractivity contribution >= 4 is 143 Å². The number of amidine groups is 3. The number of morpholine rings is 1. The van der Waals surface area contributed by atoms with E-state index in [-0.39, 0.29) is 73.8 Å². The molecular weight excluding hydrogens is 1490 g/mol. The fraction of sp³-hybridized carbons (Fsp3) is 0.167. The fourth-order valence-electron chi connectivity index (χ4n) is 10.5. The van der Waals surface area contributed by atoms with Gasteiger partial charge in [-0.05, 0) is 160 Å². The van der Waals surface area contributed by atoms with Crippen LogP contribution in [0.4, 0.5) is 52.1 Å². The molecule has 0 spiro atoms. The minimum absolute atomic E-state index is 0.0209. The van der Waals surface area contributed by atoms with Gasteiger partial charge in [-0.2, -0.15) is 11.8 Å². The predicted octanol–water partition coefficient (Wildman–Crippen LogP) is 13.9. The summed E-state index contributed by atoms with van der Waals surface area (Å²) in [5.41, 5.74) is 1.23. The summed E-state index contributed by atoms with van der Waals surface area (Å²) in [7, 11) is 0. The Morgan fingerprint density at radius 3 is 1.19 bits per heavy atom. The molecule has 6 aromatic carbocycles. The molecule has 9 aromatic rings. The molecule has 30 heteroatoms. The van der Waals surface area contributed by atoms with E-state index in [1.165, 1.54) is 60.8 Å². The maximum Gasteiger partial charge on any atom is 0.259 e. The Hall–Kier alpha value is -10.7. The van der Waals surface area contributed by atoms with Crippen LogP contribution in [0.3, 0.4) is 0 Å². The van der Waals surface area contributed by atoms with Crippen molar-refractivity contribution in [3.8, 4) is 0 Å². The lowest BCUT2D eigenvalue weighted by Gasteiger charge is -2.29. The summed E-state index contributed by atoms with van der Waals surface area (Å²) >= 11 is 14.2. The maximum atomic E-state index is 14.8. The van der Waals surface area contributed by atoms with Gasteiger partial charge in [-0.1, -0.05) is 54.1 Å². The van der Waals surface area contributed by atoms with Gasteiger partial charge in [0, 0.05) is 95.0 Å². The Labute approximate surface area is 608 Å². The Morgan fingerprint density at radius 2 is 0.784 bits per heavy atom. The molecule has 22 nitrogen and oxygen atoms in total. The first-order chi connectivity index (χ1) is 49.2. The molecule has 522 valence electrons. The fourth-order valence-corrected chi connectivity index (χ4v) is 11.9. The van der Waals surface area contributed by atoms with Gasteiger partial charge in [0.25, 0.3) is 35.4 Å². The van der Waals surface area contributed by atoms with Gasteiger partial charge in [-0.25, -0.2) is 32.5 Å². The molecule has 0 unspecified atom stereocenters. The lowest BCUT2D eigenvalue weighted by molar-refractivity contribution is 0.0679. The van der Waals surface area contributed by atoms with Crippen LogP contribution in [0, 0.1) is 39.5 Å². The van der Waals surface area contributed by atoms with Crippen molar-refractivity contribution in [2.75, 3.05) is 95.9 Å². The first-order valence-corrected chi connectivity index (χ1v) is 34.5. The molecule has 0 atom stereocenters. The number of amides is 6. The highest BCUT2D eigenvalue weighted by Crippen LogP contribution is 2.27. The Kier molecular flexibility index (Phi) is 25.4. The van der Waals surface area contributed by atoms with E-state index in [9.17, 15) is 46.3 Å². The van der Waals surface area contributed by atoms with Crippen LogP contribution in [-0.2, 0) is 4.74 Å². The van der Waals surface area contributed by atoms with Crippen LogP contribution in [0.5, 0.6) is 0 Å². The molecule has 6 amide bonds. The van der Waals surface area contributed by atoms with Crippen molar-refractivity contribution in [1.82, 2.24) is 29.7 Å². The van der Waals surface area contributed by atoms with E-state index < -0.39 is 58.7 Å². The second-order valence-corrected chi connectivity index (χ2v) is 26.1. The maximum absolute atomic E-state index is 14.8. The summed E-state index contributed by atoms with van der Waals surface area (Å²) in [4.78, 5) is 94.3. The average Bonchev–Trinajstić information content (AvgIpc) is 0.897. The number of para-hydroxylation sites is 2. The Balaban J connectivity index is 0.000000165. The van der Waals surface area contributed by atoms with Crippen LogP contribution in [0.25, 0.3) is 0 Å². The van der Waals surface area contributed by atoms with Crippen molar-refractivity contribution < 1.29 is 51.1 Å². The van der Waals surface area contributed by atoms with Gasteiger partial charge in [0.05, 0.1) is 68.7 Å². The summed E-state index contributed by atoms with van der Waals surface area (Å²) in [6, 6.07) is 38.0. The summed E-state index contributed by atoms with van der Waals surface area (Å²) in [6.45, 7) is 5.02. The summed E-state index contributed by atoms with van der Waals surface area (Å²) in [5.74, 6) is -3.50. The lowest BCUT2D eigenvalue weighted by atomic mass is 10.1. The third-order valence-corrected chi connectivity index (χ3v) is 17.9. The number of carbonyl (C=O) groups excluding carboxylic acids is 6. The van der Waals surface area contributed by atoms with Gasteiger partial charge in [0.15, 0.2) is 0 Å². The first kappa shape index (κ1) is 74.0. The number of pyridine rings is 3. The number of thioether (sulfide) groups is 1. The molecule has 3 aliphatic rings. The predicted molar refractivity (Wildman–Crippen MR) is 392 cm³/mol. The van der Waals surface area contributed by atoms with Crippen molar-refractivity contribution in [1.29, 1.82) is 16.2 Å². The molecule has 3 aliphatic heterocycles. The van der Waals surface area contributed by atoms with Crippen LogP contribution >= 0.6 is 55.2 Å². The van der Waals surface area contributed by atoms with Crippen LogP contribution in [0.2, 0.25) is 5.02 Å². The standard InChI is InChI=1S/C24H21BrFN5O2S.C24H21BrFN5O2.C24H20ClF2N5O3/c25-16-6-8-21(28-14-16)30-24(33)18-3-1-2-4-20(18)29-23(32)17-7-5-15(13-19(17)26)22(27)31-9-11-34-12-10-31;25-16-8-10-21(28-14-16)30-24(33)18-5-1-2-6-20(18)29-23(32)17-9-7-15(13-19(17)26)22(27)31-11-3-4-12-31;25-15-2-6-21(29-13-15)31-24(34)18-12-16(26)3-5-20(18)30-23(33)17-4-1-14(11-19(17)27)22(28)32-7-9-35-10-8-32/h1-8,13-14,27H,9-12H2,(H,29,32)(H,28,30,33);1-2,5-10,13-14,27H,3-4,11-12H2,(H,29,32)(H,28,30,33);1-6,11-13,28H,7-10H2,(H,30,33)(H,29,31,34). The molecule has 6 heterocycles. The quantitative estimate of drug-likeness (QED) is 0.0262. The zero-order chi connectivity index (χ0) is 72.4. The van der Waals surface area contributed by atoms with Gasteiger partial charge in [0.2, 0.25) is 0 Å². The van der Waals surface area contributed by atoms with Gasteiger partial charge in [-0.15, -0.1) is 0 Å². The Morgan fingerprint density at radius 1 is 0.412 bits per heavy atom. The number of rotatable bonds is 15. The monoisotopic (exact) mass is 1550 g/mol. The molecule has 0 bridgehead atoms. The van der Waals surface area contributed by atoms with E-state index in [4.69, 9.17) is 32.6 Å². The third kappa shape index (κ3) is 19.6. The number of aromatic nitrogens is 3. The number of anilines is 6. The van der Waals surface area contributed by atoms with E-state index in [2.05, 4.69) is 78.7 Å². The summed E-state index contributed by atoms with van der Waals surface area (Å²) in [6.07, 6.45) is 6.46. The second-order valence-electron chi connectivity index (χ2n) is 22.6. The number of nitrogens with zero attached hydrogens (tertiary/aromatic N) is 6. The highest BCUT2D eigenvalue weighted by atomic mass is 79.9. The van der Waals surface area contributed by atoms with E-state index in [0.29, 0.717) is 59.7 Å². The minimum atomic E-state index is -0.837. The van der Waals surface area contributed by atoms with Gasteiger partial charge < -0.3 is 51.3 Å². The molecule has 0 radical (unpaired) electrons. The molecule has 0 saturated carbocycles. The number of halogens is 7. The van der Waals surface area contributed by atoms with Crippen LogP contribution < -0.4 is 31.9 Å².